The van der Waals surface area contributed by atoms with Crippen molar-refractivity contribution in [2.45, 2.75) is 26.3 Å². The number of thiazole rings is 1. The van der Waals surface area contributed by atoms with Gasteiger partial charge in [-0.1, -0.05) is 0 Å². The van der Waals surface area contributed by atoms with Gasteiger partial charge in [-0.05, 0) is 42.7 Å². The molecule has 6 heteroatoms. The van der Waals surface area contributed by atoms with Crippen LogP contribution < -0.4 is 5.32 Å². The van der Waals surface area contributed by atoms with Crippen LogP contribution >= 0.6 is 22.7 Å². The van der Waals surface area contributed by atoms with Crippen LogP contribution in [0.1, 0.15) is 29.9 Å². The summed E-state index contributed by atoms with van der Waals surface area (Å²) >= 11 is 3.12. The summed E-state index contributed by atoms with van der Waals surface area (Å²) in [6, 6.07) is 2.35. The highest BCUT2D eigenvalue weighted by Gasteiger charge is 2.17. The third-order valence-corrected chi connectivity index (χ3v) is 4.03. The van der Waals surface area contributed by atoms with E-state index in [0.717, 1.165) is 11.4 Å². The summed E-state index contributed by atoms with van der Waals surface area (Å²) in [5.74, 6) is -0.367. The molecule has 2 aromatic heterocycles. The predicted molar refractivity (Wildman–Crippen MR) is 79.2 cm³/mol. The molecule has 0 saturated carbocycles. The Hall–Kier alpha value is -1.40. The summed E-state index contributed by atoms with van der Waals surface area (Å²) in [6.07, 6.45) is 0.920. The lowest BCUT2D eigenvalue weighted by molar-refractivity contribution is 0.0521. The lowest BCUT2D eigenvalue weighted by Crippen LogP contribution is -2.19. The Morgan fingerprint density at radius 2 is 2.42 bits per heavy atom. The number of carbonyl (C=O) groups excluding carboxylic acids is 1. The summed E-state index contributed by atoms with van der Waals surface area (Å²) in [4.78, 5) is 15.8. The molecular formula is C13H16N2O2S2. The molecule has 0 aromatic carbocycles. The maximum Gasteiger partial charge on any atom is 0.360 e. The Balaban J connectivity index is 1.99. The molecule has 0 aliphatic carbocycles. The molecule has 0 aliphatic rings. The number of hydrogen-bond acceptors (Lipinski definition) is 6. The quantitative estimate of drug-likeness (QED) is 0.830. The van der Waals surface area contributed by atoms with Crippen molar-refractivity contribution in [2.75, 3.05) is 11.9 Å². The van der Waals surface area contributed by atoms with Gasteiger partial charge >= 0.3 is 5.97 Å². The third-order valence-electron chi connectivity index (χ3n) is 2.54. The van der Waals surface area contributed by atoms with E-state index >= 15 is 0 Å². The number of rotatable bonds is 6. The number of thiophene rings is 1. The van der Waals surface area contributed by atoms with Gasteiger partial charge in [0.2, 0.25) is 0 Å². The SMILES string of the molecule is CCOC(=O)c1ncsc1NC(C)Cc1ccsc1. The van der Waals surface area contributed by atoms with Crippen LogP contribution in [0, 0.1) is 0 Å². The first-order chi connectivity index (χ1) is 9.20. The molecular weight excluding hydrogens is 280 g/mol. The number of anilines is 1. The topological polar surface area (TPSA) is 51.2 Å². The maximum absolute atomic E-state index is 11.7. The Bertz CT molecular complexity index is 522. The molecule has 19 heavy (non-hydrogen) atoms. The molecule has 0 spiro atoms. The number of ether oxygens (including phenoxy) is 1. The summed E-state index contributed by atoms with van der Waals surface area (Å²) in [5.41, 5.74) is 3.34. The highest BCUT2D eigenvalue weighted by atomic mass is 32.1. The van der Waals surface area contributed by atoms with Gasteiger partial charge in [-0.2, -0.15) is 11.3 Å². The first-order valence-corrected chi connectivity index (χ1v) is 7.91. The minimum Gasteiger partial charge on any atom is -0.461 e. The van der Waals surface area contributed by atoms with Crippen LogP contribution in [-0.4, -0.2) is 23.6 Å². The van der Waals surface area contributed by atoms with Crippen molar-refractivity contribution in [3.63, 3.8) is 0 Å². The van der Waals surface area contributed by atoms with Crippen molar-refractivity contribution in [3.05, 3.63) is 33.6 Å². The number of hydrogen-bond donors (Lipinski definition) is 1. The van der Waals surface area contributed by atoms with Crippen LogP contribution in [-0.2, 0) is 11.2 Å². The summed E-state index contributed by atoms with van der Waals surface area (Å²) in [6.45, 7) is 4.24. The molecule has 2 rings (SSSR count). The molecule has 0 amide bonds. The van der Waals surface area contributed by atoms with E-state index in [1.54, 1.807) is 23.8 Å². The van der Waals surface area contributed by atoms with Crippen LogP contribution in [0.25, 0.3) is 0 Å². The molecule has 4 nitrogen and oxygen atoms in total. The summed E-state index contributed by atoms with van der Waals surface area (Å²) < 4.78 is 4.98. The summed E-state index contributed by atoms with van der Waals surface area (Å²) in [7, 11) is 0. The molecule has 2 aromatic rings. The Morgan fingerprint density at radius 3 is 3.11 bits per heavy atom. The molecule has 0 fully saturated rings. The van der Waals surface area contributed by atoms with Crippen LogP contribution in [0.2, 0.25) is 0 Å². The zero-order valence-electron chi connectivity index (χ0n) is 10.9. The van der Waals surface area contributed by atoms with Crippen LogP contribution in [0.3, 0.4) is 0 Å². The maximum atomic E-state index is 11.7. The van der Waals surface area contributed by atoms with Gasteiger partial charge in [0, 0.05) is 6.04 Å². The predicted octanol–water partition coefficient (Wildman–Crippen LogP) is 3.42. The number of aromatic nitrogens is 1. The van der Waals surface area contributed by atoms with Crippen molar-refractivity contribution in [1.82, 2.24) is 4.98 Å². The lowest BCUT2D eigenvalue weighted by atomic mass is 10.1. The minimum atomic E-state index is -0.367. The molecule has 1 N–H and O–H groups in total. The van der Waals surface area contributed by atoms with Gasteiger partial charge in [0.25, 0.3) is 0 Å². The van der Waals surface area contributed by atoms with Gasteiger partial charge in [-0.3, -0.25) is 0 Å². The van der Waals surface area contributed by atoms with Crippen LogP contribution in [0.5, 0.6) is 0 Å². The van der Waals surface area contributed by atoms with Crippen molar-refractivity contribution in [2.24, 2.45) is 0 Å². The number of esters is 1. The third kappa shape index (κ3) is 3.78. The first-order valence-electron chi connectivity index (χ1n) is 6.09. The van der Waals surface area contributed by atoms with Crippen LogP contribution in [0.15, 0.2) is 22.3 Å². The zero-order chi connectivity index (χ0) is 13.7. The van der Waals surface area contributed by atoms with Gasteiger partial charge in [-0.25, -0.2) is 9.78 Å². The van der Waals surface area contributed by atoms with E-state index < -0.39 is 0 Å². The molecule has 0 bridgehead atoms. The molecule has 0 radical (unpaired) electrons. The standard InChI is InChI=1S/C13H16N2O2S2/c1-3-17-13(16)11-12(19-8-14-11)15-9(2)6-10-4-5-18-7-10/h4-5,7-9,15H,3,6H2,1-2H3. The van der Waals surface area contributed by atoms with Gasteiger partial charge in [0.1, 0.15) is 5.00 Å². The fourth-order valence-corrected chi connectivity index (χ4v) is 3.19. The van der Waals surface area contributed by atoms with Gasteiger partial charge in [0.05, 0.1) is 12.1 Å². The van der Waals surface area contributed by atoms with Gasteiger partial charge in [-0.15, -0.1) is 11.3 Å². The van der Waals surface area contributed by atoms with Gasteiger partial charge < -0.3 is 10.1 Å². The fraction of sp³-hybridized carbons (Fsp3) is 0.385. The largest absolute Gasteiger partial charge is 0.461 e. The number of nitrogens with zero attached hydrogens (tertiary/aromatic N) is 1. The Morgan fingerprint density at radius 1 is 1.58 bits per heavy atom. The fourth-order valence-electron chi connectivity index (χ4n) is 1.73. The molecule has 0 saturated heterocycles. The zero-order valence-corrected chi connectivity index (χ0v) is 12.5. The second kappa shape index (κ2) is 6.68. The van der Waals surface area contributed by atoms with E-state index in [4.69, 9.17) is 4.74 Å². The Labute approximate surface area is 120 Å². The normalized spacial score (nSPS) is 12.1. The smallest absolute Gasteiger partial charge is 0.360 e. The molecule has 1 unspecified atom stereocenters. The van der Waals surface area contributed by atoms with E-state index in [9.17, 15) is 4.79 Å². The molecule has 102 valence electrons. The lowest BCUT2D eigenvalue weighted by Gasteiger charge is -2.13. The number of nitrogens with one attached hydrogen (secondary N) is 1. The Kier molecular flexibility index (Phi) is 4.93. The second-order valence-electron chi connectivity index (χ2n) is 4.13. The average molecular weight is 296 g/mol. The first kappa shape index (κ1) is 14.0. The average Bonchev–Trinajstić information content (AvgIpc) is 3.00. The highest BCUT2D eigenvalue weighted by Crippen LogP contribution is 2.23. The van der Waals surface area contributed by atoms with Crippen molar-refractivity contribution in [3.8, 4) is 0 Å². The van der Waals surface area contributed by atoms with E-state index in [0.29, 0.717) is 12.3 Å². The van der Waals surface area contributed by atoms with E-state index in [1.807, 2.05) is 0 Å². The highest BCUT2D eigenvalue weighted by molar-refractivity contribution is 7.14. The molecule has 2 heterocycles. The second-order valence-corrected chi connectivity index (χ2v) is 5.77. The number of carbonyl (C=O) groups is 1. The summed E-state index contributed by atoms with van der Waals surface area (Å²) in [5, 5.41) is 8.31. The van der Waals surface area contributed by atoms with Crippen LogP contribution in [0.4, 0.5) is 5.00 Å². The van der Waals surface area contributed by atoms with E-state index in [2.05, 4.69) is 34.1 Å². The van der Waals surface area contributed by atoms with Crippen molar-refractivity contribution >= 4 is 33.6 Å². The molecule has 0 aliphatic heterocycles. The minimum absolute atomic E-state index is 0.239. The van der Waals surface area contributed by atoms with Gasteiger partial charge in [0.15, 0.2) is 5.69 Å². The monoisotopic (exact) mass is 296 g/mol. The van der Waals surface area contributed by atoms with E-state index in [1.165, 1.54) is 16.9 Å². The van der Waals surface area contributed by atoms with E-state index in [-0.39, 0.29) is 12.0 Å². The molecule has 1 atom stereocenters. The van der Waals surface area contributed by atoms with Crippen molar-refractivity contribution in [1.29, 1.82) is 0 Å². The van der Waals surface area contributed by atoms with Crippen molar-refractivity contribution < 1.29 is 9.53 Å².